The van der Waals surface area contributed by atoms with Crippen LogP contribution in [0.4, 0.5) is 14.5 Å². The number of carbonyl (C=O) groups is 1. The number of rotatable bonds is 5. The second-order valence-electron chi connectivity index (χ2n) is 5.09. The van der Waals surface area contributed by atoms with Gasteiger partial charge in [-0.05, 0) is 6.42 Å². The van der Waals surface area contributed by atoms with Gasteiger partial charge in [-0.3, -0.25) is 0 Å². The maximum absolute atomic E-state index is 13.4. The minimum atomic E-state index is -2.72. The van der Waals surface area contributed by atoms with Gasteiger partial charge in [-0.1, -0.05) is 13.3 Å². The van der Waals surface area contributed by atoms with E-state index in [1.54, 1.807) is 4.90 Å². The van der Waals surface area contributed by atoms with Crippen LogP contribution >= 0.6 is 0 Å². The van der Waals surface area contributed by atoms with Crippen molar-refractivity contribution in [3.8, 4) is 5.75 Å². The van der Waals surface area contributed by atoms with Crippen LogP contribution in [0.3, 0.4) is 0 Å². The number of methoxy groups -OCH3 is 1. The van der Waals surface area contributed by atoms with Crippen LogP contribution in [0.25, 0.3) is 0 Å². The molecule has 116 valence electrons. The molecule has 0 aromatic carbocycles. The van der Waals surface area contributed by atoms with Gasteiger partial charge in [-0.2, -0.15) is 0 Å². The quantitative estimate of drug-likeness (QED) is 0.905. The SMILES string of the molecule is CCCc1c(N2CCC(F)(F)C2)cnc(C(=O)O)c1OC. The number of nitrogens with zero attached hydrogens (tertiary/aromatic N) is 2. The second kappa shape index (κ2) is 5.83. The molecule has 7 heteroatoms. The monoisotopic (exact) mass is 300 g/mol. The third kappa shape index (κ3) is 3.06. The Bertz CT molecular complexity index is 549. The molecule has 21 heavy (non-hydrogen) atoms. The molecule has 1 fully saturated rings. The summed E-state index contributed by atoms with van der Waals surface area (Å²) in [4.78, 5) is 16.6. The lowest BCUT2D eigenvalue weighted by atomic mass is 10.1. The van der Waals surface area contributed by atoms with Crippen LogP contribution < -0.4 is 9.64 Å². The van der Waals surface area contributed by atoms with Crippen LogP contribution in [0.1, 0.15) is 35.8 Å². The van der Waals surface area contributed by atoms with Gasteiger partial charge >= 0.3 is 5.97 Å². The summed E-state index contributed by atoms with van der Waals surface area (Å²) in [5.41, 5.74) is 0.983. The molecule has 1 aromatic heterocycles. The normalized spacial score (nSPS) is 17.0. The first-order valence-corrected chi connectivity index (χ1v) is 6.81. The maximum Gasteiger partial charge on any atom is 0.358 e. The van der Waals surface area contributed by atoms with Crippen molar-refractivity contribution in [2.45, 2.75) is 32.1 Å². The van der Waals surface area contributed by atoms with Crippen LogP contribution in [0, 0.1) is 0 Å². The lowest BCUT2D eigenvalue weighted by Crippen LogP contribution is -2.26. The Hall–Kier alpha value is -1.92. The Balaban J connectivity index is 2.48. The number of carboxylic acid groups (broad SMARTS) is 1. The largest absolute Gasteiger partial charge is 0.494 e. The van der Waals surface area contributed by atoms with Crippen LogP contribution in [-0.4, -0.2) is 42.2 Å². The molecule has 0 saturated carbocycles. The summed E-state index contributed by atoms with van der Waals surface area (Å²) in [5, 5.41) is 9.15. The van der Waals surface area contributed by atoms with E-state index in [2.05, 4.69) is 4.98 Å². The van der Waals surface area contributed by atoms with Crippen LogP contribution in [0.2, 0.25) is 0 Å². The number of alkyl halides is 2. The van der Waals surface area contributed by atoms with Crippen molar-refractivity contribution in [3.05, 3.63) is 17.5 Å². The van der Waals surface area contributed by atoms with Crippen molar-refractivity contribution < 1.29 is 23.4 Å². The summed E-state index contributed by atoms with van der Waals surface area (Å²) in [7, 11) is 1.37. The summed E-state index contributed by atoms with van der Waals surface area (Å²) in [6.45, 7) is 1.78. The van der Waals surface area contributed by atoms with Gasteiger partial charge in [0.1, 0.15) is 0 Å². The third-order valence-corrected chi connectivity index (χ3v) is 3.53. The molecule has 1 N–H and O–H groups in total. The number of halogens is 2. The molecule has 1 aliphatic rings. The Labute approximate surface area is 121 Å². The smallest absolute Gasteiger partial charge is 0.358 e. The van der Waals surface area contributed by atoms with Crippen LogP contribution in [0.5, 0.6) is 5.75 Å². The summed E-state index contributed by atoms with van der Waals surface area (Å²) in [6, 6.07) is 0. The van der Waals surface area contributed by atoms with E-state index in [1.165, 1.54) is 13.3 Å². The maximum atomic E-state index is 13.4. The minimum Gasteiger partial charge on any atom is -0.494 e. The highest BCUT2D eigenvalue weighted by Crippen LogP contribution is 2.37. The van der Waals surface area contributed by atoms with Gasteiger partial charge in [0, 0.05) is 18.5 Å². The number of pyridine rings is 1. The average molecular weight is 300 g/mol. The number of hydrogen-bond acceptors (Lipinski definition) is 4. The van der Waals surface area contributed by atoms with Crippen molar-refractivity contribution >= 4 is 11.7 Å². The number of aromatic nitrogens is 1. The highest BCUT2D eigenvalue weighted by Gasteiger charge is 2.39. The molecule has 0 spiro atoms. The molecule has 0 atom stereocenters. The Kier molecular flexibility index (Phi) is 4.29. The van der Waals surface area contributed by atoms with Crippen molar-refractivity contribution in [2.24, 2.45) is 0 Å². The number of hydrogen-bond donors (Lipinski definition) is 1. The van der Waals surface area contributed by atoms with Crippen molar-refractivity contribution in [1.82, 2.24) is 4.98 Å². The van der Waals surface area contributed by atoms with E-state index in [9.17, 15) is 13.6 Å². The molecular weight excluding hydrogens is 282 g/mol. The van der Waals surface area contributed by atoms with Gasteiger partial charge in [0.2, 0.25) is 0 Å². The van der Waals surface area contributed by atoms with E-state index in [1.807, 2.05) is 6.92 Å². The first-order chi connectivity index (χ1) is 9.89. The van der Waals surface area contributed by atoms with Crippen LogP contribution in [-0.2, 0) is 6.42 Å². The fraction of sp³-hybridized carbons (Fsp3) is 0.571. The number of anilines is 1. The minimum absolute atomic E-state index is 0.164. The number of ether oxygens (including phenoxy) is 1. The zero-order valence-electron chi connectivity index (χ0n) is 12.0. The Morgan fingerprint density at radius 1 is 1.57 bits per heavy atom. The summed E-state index contributed by atoms with van der Waals surface area (Å²) in [6.07, 6.45) is 2.44. The number of aromatic carboxylic acids is 1. The molecule has 0 bridgehead atoms. The molecule has 2 heterocycles. The molecule has 1 aliphatic heterocycles. The van der Waals surface area contributed by atoms with Crippen LogP contribution in [0.15, 0.2) is 6.20 Å². The van der Waals surface area contributed by atoms with E-state index in [4.69, 9.17) is 9.84 Å². The van der Waals surface area contributed by atoms with E-state index in [0.717, 1.165) is 6.42 Å². The zero-order chi connectivity index (χ0) is 15.6. The first-order valence-electron chi connectivity index (χ1n) is 6.81. The van der Waals surface area contributed by atoms with Crippen molar-refractivity contribution in [1.29, 1.82) is 0 Å². The Morgan fingerprint density at radius 3 is 2.76 bits per heavy atom. The lowest BCUT2D eigenvalue weighted by molar-refractivity contribution is 0.0257. The molecule has 0 radical (unpaired) electrons. The first kappa shape index (κ1) is 15.5. The molecule has 1 aromatic rings. The lowest BCUT2D eigenvalue weighted by Gasteiger charge is -2.23. The molecule has 2 rings (SSSR count). The summed E-state index contributed by atoms with van der Waals surface area (Å²) in [5.74, 6) is -3.75. The van der Waals surface area contributed by atoms with Gasteiger partial charge in [0.25, 0.3) is 5.92 Å². The fourth-order valence-electron chi connectivity index (χ4n) is 2.60. The molecule has 0 aliphatic carbocycles. The average Bonchev–Trinajstić information content (AvgIpc) is 2.78. The van der Waals surface area contributed by atoms with E-state index in [0.29, 0.717) is 17.7 Å². The highest BCUT2D eigenvalue weighted by molar-refractivity contribution is 5.90. The van der Waals surface area contributed by atoms with Gasteiger partial charge in [0.15, 0.2) is 11.4 Å². The van der Waals surface area contributed by atoms with Gasteiger partial charge in [-0.15, -0.1) is 0 Å². The van der Waals surface area contributed by atoms with Gasteiger partial charge < -0.3 is 14.7 Å². The topological polar surface area (TPSA) is 62.7 Å². The second-order valence-corrected chi connectivity index (χ2v) is 5.09. The summed E-state index contributed by atoms with van der Waals surface area (Å²) < 4.78 is 32.0. The van der Waals surface area contributed by atoms with Gasteiger partial charge in [0.05, 0.1) is 25.5 Å². The third-order valence-electron chi connectivity index (χ3n) is 3.53. The molecule has 1 saturated heterocycles. The highest BCUT2D eigenvalue weighted by atomic mass is 19.3. The fourth-order valence-corrected chi connectivity index (χ4v) is 2.60. The Morgan fingerprint density at radius 2 is 2.29 bits per heavy atom. The standard InChI is InChI=1S/C14H18F2N2O3/c1-3-4-9-10(18-6-5-14(15,16)8-18)7-17-11(13(19)20)12(9)21-2/h7H,3-6,8H2,1-2H3,(H,19,20). The predicted molar refractivity (Wildman–Crippen MR) is 73.5 cm³/mol. The molecule has 0 amide bonds. The predicted octanol–water partition coefficient (Wildman–Crippen LogP) is 2.59. The number of carboxylic acids is 1. The van der Waals surface area contributed by atoms with E-state index >= 15 is 0 Å². The van der Waals surface area contributed by atoms with Crippen molar-refractivity contribution in [2.75, 3.05) is 25.1 Å². The van der Waals surface area contributed by atoms with E-state index in [-0.39, 0.29) is 31.0 Å². The molecular formula is C14H18F2N2O3. The molecule has 5 nitrogen and oxygen atoms in total. The van der Waals surface area contributed by atoms with Gasteiger partial charge in [-0.25, -0.2) is 18.6 Å². The van der Waals surface area contributed by atoms with Crippen molar-refractivity contribution in [3.63, 3.8) is 0 Å². The summed E-state index contributed by atoms with van der Waals surface area (Å²) >= 11 is 0. The zero-order valence-corrected chi connectivity index (χ0v) is 12.0. The molecule has 0 unspecified atom stereocenters. The van der Waals surface area contributed by atoms with E-state index < -0.39 is 11.9 Å².